The topological polar surface area (TPSA) is 54.5 Å². The number of benzene rings is 1. The quantitative estimate of drug-likeness (QED) is 0.693. The zero-order valence-corrected chi connectivity index (χ0v) is 12.1. The van der Waals surface area contributed by atoms with Gasteiger partial charge in [0.15, 0.2) is 6.21 Å². The number of hydrogen-bond acceptors (Lipinski definition) is 3. The lowest BCUT2D eigenvalue weighted by Crippen LogP contribution is -2.76. The Balaban J connectivity index is 1.92. The number of carbonyl (C=O) groups is 1. The standard InChI is InChI=1S/C17H20N2O2/c1-12-2-3-14-15(10-12)17(21)18-11-16(14)13-4-6-19(7-5-13)8-9-20/h2-3,10-11,13,20H,1,4-9H2/p+1. The van der Waals surface area contributed by atoms with E-state index in [4.69, 9.17) is 5.11 Å². The fraction of sp³-hybridized carbons (Fsp3) is 0.412. The van der Waals surface area contributed by atoms with Gasteiger partial charge in [-0.1, -0.05) is 18.7 Å². The minimum atomic E-state index is -0.0445. The Morgan fingerprint density at radius 1 is 1.33 bits per heavy atom. The molecule has 0 unspecified atom stereocenters. The van der Waals surface area contributed by atoms with Crippen LogP contribution in [0.3, 0.4) is 0 Å². The van der Waals surface area contributed by atoms with Crippen LogP contribution in [0, 0.1) is 5.92 Å². The molecule has 21 heavy (non-hydrogen) atoms. The summed E-state index contributed by atoms with van der Waals surface area (Å²) in [5.41, 5.74) is 1.96. The molecule has 4 nitrogen and oxygen atoms in total. The van der Waals surface area contributed by atoms with E-state index >= 15 is 0 Å². The first-order valence-corrected chi connectivity index (χ1v) is 7.49. The molecule has 1 aromatic rings. The van der Waals surface area contributed by atoms with Gasteiger partial charge in [0.05, 0.1) is 12.2 Å². The van der Waals surface area contributed by atoms with Crippen molar-refractivity contribution < 1.29 is 14.9 Å². The van der Waals surface area contributed by atoms with Crippen molar-refractivity contribution in [3.63, 3.8) is 0 Å². The molecule has 1 aromatic carbocycles. The predicted molar refractivity (Wildman–Crippen MR) is 82.2 cm³/mol. The molecule has 2 aliphatic rings. The Hall–Kier alpha value is -1.78. The second kappa shape index (κ2) is 5.92. The van der Waals surface area contributed by atoms with E-state index in [1.807, 2.05) is 24.4 Å². The van der Waals surface area contributed by atoms with Gasteiger partial charge in [-0.15, -0.1) is 0 Å². The third kappa shape index (κ3) is 2.82. The molecule has 0 atom stereocenters. The van der Waals surface area contributed by atoms with Crippen LogP contribution in [0.25, 0.3) is 12.2 Å². The molecule has 0 radical (unpaired) electrons. The Kier molecular flexibility index (Phi) is 3.99. The second-order valence-electron chi connectivity index (χ2n) is 5.79. The predicted octanol–water partition coefficient (Wildman–Crippen LogP) is -1.74. The van der Waals surface area contributed by atoms with Crippen LogP contribution in [0.4, 0.5) is 0 Å². The van der Waals surface area contributed by atoms with Crippen LogP contribution in [0.2, 0.25) is 0 Å². The number of likely N-dealkylation sites (tertiary alicyclic amines) is 1. The van der Waals surface area contributed by atoms with Crippen molar-refractivity contribution in [3.05, 3.63) is 34.2 Å². The number of carbonyl (C=O) groups excluding carboxylic acids is 1. The van der Waals surface area contributed by atoms with Gasteiger partial charge in [0.2, 0.25) is 0 Å². The Bertz CT molecular complexity index is 685. The lowest BCUT2D eigenvalue weighted by atomic mass is 9.86. The summed E-state index contributed by atoms with van der Waals surface area (Å²) < 4.78 is 0. The fourth-order valence-electron chi connectivity index (χ4n) is 3.28. The summed E-state index contributed by atoms with van der Waals surface area (Å²) in [7, 11) is 0. The maximum Gasteiger partial charge on any atom is 0.418 e. The largest absolute Gasteiger partial charge is 0.418 e. The van der Waals surface area contributed by atoms with E-state index in [0.29, 0.717) is 5.92 Å². The fourth-order valence-corrected chi connectivity index (χ4v) is 3.28. The number of aliphatic hydroxyl groups excluding tert-OH is 1. The zero-order chi connectivity index (χ0) is 14.8. The SMILES string of the molecule is C=c1ccc2c(c1)C(=O)[NH+]=CC=2C1CCN(CCO)CC1. The van der Waals surface area contributed by atoms with Crippen molar-refractivity contribution in [1.29, 1.82) is 0 Å². The van der Waals surface area contributed by atoms with Crippen LogP contribution in [0.15, 0.2) is 18.2 Å². The summed E-state index contributed by atoms with van der Waals surface area (Å²) >= 11 is 0. The number of β-amino-alcohol motifs (C(OH)–C–C–N with tert-alkyl or cyclic N) is 1. The monoisotopic (exact) mass is 285 g/mol. The van der Waals surface area contributed by atoms with Crippen molar-refractivity contribution in [2.75, 3.05) is 26.2 Å². The van der Waals surface area contributed by atoms with Crippen molar-refractivity contribution in [3.8, 4) is 0 Å². The van der Waals surface area contributed by atoms with Crippen LogP contribution in [0.5, 0.6) is 0 Å². The molecule has 0 spiro atoms. The average molecular weight is 285 g/mol. The lowest BCUT2D eigenvalue weighted by molar-refractivity contribution is -0.339. The van der Waals surface area contributed by atoms with Crippen molar-refractivity contribution in [2.45, 2.75) is 12.8 Å². The minimum absolute atomic E-state index is 0.0445. The van der Waals surface area contributed by atoms with Gasteiger partial charge < -0.3 is 10.0 Å². The van der Waals surface area contributed by atoms with E-state index in [-0.39, 0.29) is 12.5 Å². The molecular weight excluding hydrogens is 264 g/mol. The highest BCUT2D eigenvalue weighted by Crippen LogP contribution is 2.23. The van der Waals surface area contributed by atoms with Gasteiger partial charge in [-0.05, 0) is 43.1 Å². The van der Waals surface area contributed by atoms with Gasteiger partial charge in [0.25, 0.3) is 0 Å². The molecule has 1 fully saturated rings. The highest BCUT2D eigenvalue weighted by molar-refractivity contribution is 6.07. The van der Waals surface area contributed by atoms with E-state index < -0.39 is 0 Å². The molecule has 2 aliphatic heterocycles. The van der Waals surface area contributed by atoms with E-state index in [9.17, 15) is 4.79 Å². The van der Waals surface area contributed by atoms with E-state index in [2.05, 4.69) is 16.5 Å². The molecule has 110 valence electrons. The normalized spacial score (nSPS) is 19.9. The molecule has 2 N–H and O–H groups in total. The number of rotatable bonds is 3. The molecule has 1 saturated heterocycles. The molecule has 4 heteroatoms. The summed E-state index contributed by atoms with van der Waals surface area (Å²) in [6.07, 6.45) is 4.00. The van der Waals surface area contributed by atoms with Gasteiger partial charge in [0.1, 0.15) is 0 Å². The lowest BCUT2D eigenvalue weighted by Gasteiger charge is -2.31. The van der Waals surface area contributed by atoms with Gasteiger partial charge in [-0.3, -0.25) is 0 Å². The summed E-state index contributed by atoms with van der Waals surface area (Å²) in [4.78, 5) is 17.1. The Labute approximate surface area is 124 Å². The molecule has 1 amide bonds. The molecule has 0 aromatic heterocycles. The first-order valence-electron chi connectivity index (χ1n) is 7.49. The number of aliphatic hydroxyl groups is 1. The number of piperidine rings is 1. The number of hydrogen-bond donors (Lipinski definition) is 2. The number of nitrogens with zero attached hydrogens (tertiary/aromatic N) is 1. The highest BCUT2D eigenvalue weighted by Gasteiger charge is 2.27. The number of nitrogens with one attached hydrogen (secondary N) is 1. The summed E-state index contributed by atoms with van der Waals surface area (Å²) in [6.45, 7) is 6.87. The molecule has 0 saturated carbocycles. The van der Waals surface area contributed by atoms with Crippen LogP contribution < -0.4 is 15.4 Å². The van der Waals surface area contributed by atoms with Crippen LogP contribution >= 0.6 is 0 Å². The third-order valence-electron chi connectivity index (χ3n) is 4.44. The highest BCUT2D eigenvalue weighted by atomic mass is 16.3. The second-order valence-corrected chi connectivity index (χ2v) is 5.79. The average Bonchev–Trinajstić information content (AvgIpc) is 2.50. The maximum atomic E-state index is 12.0. The van der Waals surface area contributed by atoms with E-state index in [0.717, 1.165) is 48.5 Å². The van der Waals surface area contributed by atoms with Crippen LogP contribution in [0.1, 0.15) is 23.2 Å². The van der Waals surface area contributed by atoms with Crippen molar-refractivity contribution in [1.82, 2.24) is 4.90 Å². The number of amides is 1. The molecular formula is C17H21N2O2+. The number of fused-ring (bicyclic) bond motifs is 1. The first kappa shape index (κ1) is 14.2. The zero-order valence-electron chi connectivity index (χ0n) is 12.1. The smallest absolute Gasteiger partial charge is 0.395 e. The van der Waals surface area contributed by atoms with Gasteiger partial charge in [-0.25, -0.2) is 4.79 Å². The van der Waals surface area contributed by atoms with Crippen molar-refractivity contribution >= 4 is 24.3 Å². The summed E-state index contributed by atoms with van der Waals surface area (Å²) in [5, 5.41) is 10.9. The first-order chi connectivity index (χ1) is 10.2. The van der Waals surface area contributed by atoms with Crippen LogP contribution in [-0.2, 0) is 0 Å². The minimum Gasteiger partial charge on any atom is -0.395 e. The van der Waals surface area contributed by atoms with Crippen LogP contribution in [-0.4, -0.2) is 48.4 Å². The Morgan fingerprint density at radius 2 is 2.10 bits per heavy atom. The molecule has 0 aliphatic carbocycles. The van der Waals surface area contributed by atoms with Gasteiger partial charge in [-0.2, -0.15) is 4.99 Å². The van der Waals surface area contributed by atoms with E-state index in [1.165, 1.54) is 5.57 Å². The summed E-state index contributed by atoms with van der Waals surface area (Å²) in [6, 6.07) is 5.84. The Morgan fingerprint density at radius 3 is 2.81 bits per heavy atom. The van der Waals surface area contributed by atoms with Crippen molar-refractivity contribution in [2.24, 2.45) is 5.92 Å². The summed E-state index contributed by atoms with van der Waals surface area (Å²) in [5.74, 6) is 0.423. The molecule has 2 heterocycles. The maximum absolute atomic E-state index is 12.0. The molecule has 0 bridgehead atoms. The van der Waals surface area contributed by atoms with Gasteiger partial charge >= 0.3 is 5.91 Å². The third-order valence-corrected chi connectivity index (χ3v) is 4.44. The van der Waals surface area contributed by atoms with E-state index in [1.54, 1.807) is 0 Å². The molecule has 3 rings (SSSR count). The van der Waals surface area contributed by atoms with Gasteiger partial charge in [0, 0.05) is 17.3 Å².